The van der Waals surface area contributed by atoms with Crippen molar-refractivity contribution in [3.05, 3.63) is 59.7 Å². The van der Waals surface area contributed by atoms with Crippen LogP contribution in [0.15, 0.2) is 48.5 Å². The third-order valence-electron chi connectivity index (χ3n) is 3.53. The Balaban J connectivity index is 1.70. The lowest BCUT2D eigenvalue weighted by atomic mass is 10.1. The molecule has 1 heterocycles. The van der Waals surface area contributed by atoms with E-state index in [1.807, 2.05) is 22.9 Å². The second kappa shape index (κ2) is 6.50. The summed E-state index contributed by atoms with van der Waals surface area (Å²) in [4.78, 5) is 0. The molecule has 0 radical (unpaired) electrons. The van der Waals surface area contributed by atoms with Crippen molar-refractivity contribution in [1.29, 1.82) is 0 Å². The van der Waals surface area contributed by atoms with Crippen LogP contribution in [0, 0.1) is 0 Å². The van der Waals surface area contributed by atoms with Crippen LogP contribution < -0.4 is 5.32 Å². The minimum absolute atomic E-state index is 0.753. The van der Waals surface area contributed by atoms with Gasteiger partial charge in [0.05, 0.1) is 12.1 Å². The fraction of sp³-hybridized carbons (Fsp3) is 0.294. The maximum atomic E-state index is 4.23. The highest BCUT2D eigenvalue weighted by atomic mass is 15.4. The van der Waals surface area contributed by atoms with Crippen LogP contribution in [-0.4, -0.2) is 21.5 Å². The number of hydrogen-bond donors (Lipinski definition) is 1. The lowest BCUT2D eigenvalue weighted by Crippen LogP contribution is -2.13. The number of fused-ring (bicyclic) bond motifs is 1. The lowest BCUT2D eigenvalue weighted by Gasteiger charge is -2.06. The molecule has 0 unspecified atom stereocenters. The maximum absolute atomic E-state index is 4.23. The van der Waals surface area contributed by atoms with Gasteiger partial charge in [-0.05, 0) is 36.2 Å². The Morgan fingerprint density at radius 2 is 1.76 bits per heavy atom. The molecule has 4 heteroatoms. The molecule has 0 spiro atoms. The van der Waals surface area contributed by atoms with Crippen molar-refractivity contribution in [3.63, 3.8) is 0 Å². The van der Waals surface area contributed by atoms with E-state index in [4.69, 9.17) is 0 Å². The molecule has 0 saturated heterocycles. The average Bonchev–Trinajstić information content (AvgIpc) is 2.93. The van der Waals surface area contributed by atoms with Gasteiger partial charge >= 0.3 is 0 Å². The molecule has 0 atom stereocenters. The monoisotopic (exact) mass is 280 g/mol. The molecule has 3 rings (SSSR count). The SMILES string of the molecule is CCCNCc1ccc(Cn2nnc3ccccc32)cc1. The van der Waals surface area contributed by atoms with Gasteiger partial charge < -0.3 is 5.32 Å². The third-order valence-corrected chi connectivity index (χ3v) is 3.53. The van der Waals surface area contributed by atoms with Crippen LogP contribution in [0.3, 0.4) is 0 Å². The van der Waals surface area contributed by atoms with E-state index >= 15 is 0 Å². The van der Waals surface area contributed by atoms with Crippen molar-refractivity contribution in [2.24, 2.45) is 0 Å². The first kappa shape index (κ1) is 13.8. The zero-order chi connectivity index (χ0) is 14.5. The first-order chi connectivity index (χ1) is 10.4. The number of para-hydroxylation sites is 1. The summed E-state index contributed by atoms with van der Waals surface area (Å²) in [5, 5.41) is 11.8. The van der Waals surface area contributed by atoms with Gasteiger partial charge in [-0.15, -0.1) is 5.10 Å². The van der Waals surface area contributed by atoms with Gasteiger partial charge in [-0.2, -0.15) is 0 Å². The second-order valence-electron chi connectivity index (χ2n) is 5.23. The normalized spacial score (nSPS) is 11.1. The van der Waals surface area contributed by atoms with Crippen molar-refractivity contribution in [2.75, 3.05) is 6.54 Å². The Hall–Kier alpha value is -2.20. The first-order valence-corrected chi connectivity index (χ1v) is 7.43. The standard InChI is InChI=1S/C17H20N4/c1-2-11-18-12-14-7-9-15(10-8-14)13-21-17-6-4-3-5-16(17)19-20-21/h3-10,18H,2,11-13H2,1H3. The van der Waals surface area contributed by atoms with Crippen LogP contribution in [-0.2, 0) is 13.1 Å². The van der Waals surface area contributed by atoms with E-state index in [1.165, 1.54) is 11.1 Å². The lowest BCUT2D eigenvalue weighted by molar-refractivity contribution is 0.665. The molecule has 0 fully saturated rings. The zero-order valence-electron chi connectivity index (χ0n) is 12.3. The van der Waals surface area contributed by atoms with Gasteiger partial charge in [-0.3, -0.25) is 0 Å². The molecule has 0 amide bonds. The van der Waals surface area contributed by atoms with E-state index < -0.39 is 0 Å². The Kier molecular flexibility index (Phi) is 4.26. The minimum Gasteiger partial charge on any atom is -0.313 e. The molecule has 4 nitrogen and oxygen atoms in total. The van der Waals surface area contributed by atoms with Crippen LogP contribution in [0.25, 0.3) is 11.0 Å². The maximum Gasteiger partial charge on any atom is 0.113 e. The summed E-state index contributed by atoms with van der Waals surface area (Å²) >= 11 is 0. The highest BCUT2D eigenvalue weighted by Crippen LogP contribution is 2.12. The van der Waals surface area contributed by atoms with Crippen LogP contribution in [0.4, 0.5) is 0 Å². The molecule has 2 aromatic carbocycles. The number of aromatic nitrogens is 3. The van der Waals surface area contributed by atoms with Gasteiger partial charge in [0.1, 0.15) is 5.52 Å². The van der Waals surface area contributed by atoms with Crippen molar-refractivity contribution < 1.29 is 0 Å². The van der Waals surface area contributed by atoms with Gasteiger partial charge in [-0.1, -0.05) is 48.5 Å². The predicted octanol–water partition coefficient (Wildman–Crippen LogP) is 2.98. The van der Waals surface area contributed by atoms with Gasteiger partial charge in [0, 0.05) is 6.54 Å². The van der Waals surface area contributed by atoms with Crippen molar-refractivity contribution in [2.45, 2.75) is 26.4 Å². The number of benzene rings is 2. The van der Waals surface area contributed by atoms with Gasteiger partial charge in [0.15, 0.2) is 0 Å². The molecule has 1 aromatic heterocycles. The van der Waals surface area contributed by atoms with E-state index in [1.54, 1.807) is 0 Å². The molecule has 21 heavy (non-hydrogen) atoms. The third kappa shape index (κ3) is 3.28. The molecular formula is C17H20N4. The molecule has 108 valence electrons. The fourth-order valence-electron chi connectivity index (χ4n) is 2.38. The van der Waals surface area contributed by atoms with E-state index in [9.17, 15) is 0 Å². The smallest absolute Gasteiger partial charge is 0.113 e. The van der Waals surface area contributed by atoms with Crippen molar-refractivity contribution in [3.8, 4) is 0 Å². The molecule has 0 saturated carbocycles. The Morgan fingerprint density at radius 1 is 1.00 bits per heavy atom. The summed E-state index contributed by atoms with van der Waals surface area (Å²) in [6.45, 7) is 4.93. The van der Waals surface area contributed by atoms with Gasteiger partial charge in [0.25, 0.3) is 0 Å². The largest absolute Gasteiger partial charge is 0.313 e. The molecule has 3 aromatic rings. The van der Waals surface area contributed by atoms with Crippen LogP contribution in [0.1, 0.15) is 24.5 Å². The molecule has 1 N–H and O–H groups in total. The number of hydrogen-bond acceptors (Lipinski definition) is 3. The average molecular weight is 280 g/mol. The number of nitrogens with zero attached hydrogens (tertiary/aromatic N) is 3. The number of rotatable bonds is 6. The van der Waals surface area contributed by atoms with Gasteiger partial charge in [0.2, 0.25) is 0 Å². The zero-order valence-corrected chi connectivity index (χ0v) is 12.3. The molecule has 0 aliphatic heterocycles. The molecular weight excluding hydrogens is 260 g/mol. The summed E-state index contributed by atoms with van der Waals surface area (Å²) in [6, 6.07) is 16.7. The van der Waals surface area contributed by atoms with Crippen LogP contribution >= 0.6 is 0 Å². The quantitative estimate of drug-likeness (QED) is 0.706. The van der Waals surface area contributed by atoms with Crippen molar-refractivity contribution >= 4 is 11.0 Å². The summed E-state index contributed by atoms with van der Waals surface area (Å²) in [7, 11) is 0. The predicted molar refractivity (Wildman–Crippen MR) is 85.1 cm³/mol. The fourth-order valence-corrected chi connectivity index (χ4v) is 2.38. The summed E-state index contributed by atoms with van der Waals surface area (Å²) < 4.78 is 1.94. The van der Waals surface area contributed by atoms with Crippen LogP contribution in [0.5, 0.6) is 0 Å². The Bertz CT molecular complexity index is 700. The highest BCUT2D eigenvalue weighted by Gasteiger charge is 2.04. The molecule has 0 aliphatic rings. The minimum atomic E-state index is 0.753. The molecule has 0 bridgehead atoms. The number of nitrogens with one attached hydrogen (secondary N) is 1. The second-order valence-corrected chi connectivity index (χ2v) is 5.23. The highest BCUT2D eigenvalue weighted by molar-refractivity contribution is 5.73. The summed E-state index contributed by atoms with van der Waals surface area (Å²) in [5.41, 5.74) is 4.57. The molecule has 0 aliphatic carbocycles. The summed E-state index contributed by atoms with van der Waals surface area (Å²) in [6.07, 6.45) is 1.16. The van der Waals surface area contributed by atoms with Gasteiger partial charge in [-0.25, -0.2) is 4.68 Å². The Morgan fingerprint density at radius 3 is 2.57 bits per heavy atom. The Labute approximate surface area is 124 Å². The van der Waals surface area contributed by atoms with Crippen molar-refractivity contribution in [1.82, 2.24) is 20.3 Å². The van der Waals surface area contributed by atoms with E-state index in [0.29, 0.717) is 0 Å². The summed E-state index contributed by atoms with van der Waals surface area (Å²) in [5.74, 6) is 0. The van der Waals surface area contributed by atoms with Crippen LogP contribution in [0.2, 0.25) is 0 Å². The van der Waals surface area contributed by atoms with E-state index in [-0.39, 0.29) is 0 Å². The van der Waals surface area contributed by atoms with E-state index in [0.717, 1.165) is 37.1 Å². The topological polar surface area (TPSA) is 42.7 Å². The first-order valence-electron chi connectivity index (χ1n) is 7.43. The van der Waals surface area contributed by atoms with E-state index in [2.05, 4.69) is 52.9 Å².